The van der Waals surface area contributed by atoms with Crippen molar-refractivity contribution in [3.63, 3.8) is 0 Å². The van der Waals surface area contributed by atoms with E-state index >= 15 is 0 Å². The molecule has 0 radical (unpaired) electrons. The Balaban J connectivity index is 2.30. The van der Waals surface area contributed by atoms with Crippen LogP contribution in [-0.4, -0.2) is 12.6 Å². The van der Waals surface area contributed by atoms with E-state index in [2.05, 4.69) is 5.32 Å². The van der Waals surface area contributed by atoms with Crippen LogP contribution in [-0.2, 0) is 9.53 Å². The third kappa shape index (κ3) is 4.79. The van der Waals surface area contributed by atoms with Crippen molar-refractivity contribution in [2.45, 2.75) is 6.92 Å². The molecule has 2 aromatic carbocycles. The average molecular weight is 336 g/mol. The van der Waals surface area contributed by atoms with Crippen molar-refractivity contribution in [1.29, 1.82) is 0 Å². The first-order chi connectivity index (χ1) is 10.6. The Morgan fingerprint density at radius 3 is 2.14 bits per heavy atom. The maximum atomic E-state index is 11.8. The van der Waals surface area contributed by atoms with Gasteiger partial charge in [0.2, 0.25) is 0 Å². The lowest BCUT2D eigenvalue weighted by Crippen LogP contribution is -2.05. The summed E-state index contributed by atoms with van der Waals surface area (Å²) in [6.45, 7) is 2.09. The van der Waals surface area contributed by atoms with Gasteiger partial charge in [-0.25, -0.2) is 4.79 Å². The van der Waals surface area contributed by atoms with Crippen LogP contribution in [0.5, 0.6) is 0 Å². The highest BCUT2D eigenvalue weighted by atomic mass is 35.5. The minimum atomic E-state index is -0.408. The lowest BCUT2D eigenvalue weighted by atomic mass is 10.1. The van der Waals surface area contributed by atoms with Gasteiger partial charge in [0.25, 0.3) is 0 Å². The highest BCUT2D eigenvalue weighted by Gasteiger charge is 2.07. The first kappa shape index (κ1) is 16.4. The van der Waals surface area contributed by atoms with Crippen molar-refractivity contribution >= 4 is 40.6 Å². The number of rotatable bonds is 5. The summed E-state index contributed by atoms with van der Waals surface area (Å²) in [5.74, 6) is -0.408. The van der Waals surface area contributed by atoms with Crippen LogP contribution in [0.1, 0.15) is 12.5 Å². The fourth-order valence-corrected chi connectivity index (χ4v) is 2.06. The molecule has 0 fully saturated rings. The van der Waals surface area contributed by atoms with Crippen molar-refractivity contribution < 1.29 is 9.53 Å². The highest BCUT2D eigenvalue weighted by molar-refractivity contribution is 6.30. The average Bonchev–Trinajstić information content (AvgIpc) is 2.50. The van der Waals surface area contributed by atoms with Crippen LogP contribution < -0.4 is 5.32 Å². The molecule has 0 aliphatic carbocycles. The zero-order valence-electron chi connectivity index (χ0n) is 12.0. The fourth-order valence-electron chi connectivity index (χ4n) is 1.81. The molecule has 114 valence electrons. The van der Waals surface area contributed by atoms with Crippen LogP contribution in [0.25, 0.3) is 5.70 Å². The SMILES string of the molecule is CCOC(=O)/C=C(\Nc1ccc(Cl)cc1)c1ccc(Cl)cc1. The van der Waals surface area contributed by atoms with E-state index in [9.17, 15) is 4.79 Å². The van der Waals surface area contributed by atoms with Gasteiger partial charge in [-0.1, -0.05) is 35.3 Å². The molecule has 0 atom stereocenters. The van der Waals surface area contributed by atoms with E-state index in [0.29, 0.717) is 22.3 Å². The van der Waals surface area contributed by atoms with E-state index in [1.807, 2.05) is 24.3 Å². The van der Waals surface area contributed by atoms with E-state index in [1.54, 1.807) is 31.2 Å². The lowest BCUT2D eigenvalue weighted by Gasteiger charge is -2.12. The molecule has 22 heavy (non-hydrogen) atoms. The van der Waals surface area contributed by atoms with E-state index in [1.165, 1.54) is 6.08 Å². The van der Waals surface area contributed by atoms with E-state index in [4.69, 9.17) is 27.9 Å². The minimum absolute atomic E-state index is 0.324. The number of halogens is 2. The molecule has 0 aliphatic heterocycles. The Hall–Kier alpha value is -1.97. The Labute approximate surface area is 139 Å². The first-order valence-electron chi connectivity index (χ1n) is 6.75. The molecule has 0 heterocycles. The maximum Gasteiger partial charge on any atom is 0.332 e. The number of hydrogen-bond donors (Lipinski definition) is 1. The molecule has 0 amide bonds. The van der Waals surface area contributed by atoms with Gasteiger partial charge in [-0.05, 0) is 48.9 Å². The minimum Gasteiger partial charge on any atom is -0.463 e. The van der Waals surface area contributed by atoms with Crippen molar-refractivity contribution in [3.8, 4) is 0 Å². The molecule has 2 rings (SSSR count). The van der Waals surface area contributed by atoms with Crippen molar-refractivity contribution in [2.75, 3.05) is 11.9 Å². The highest BCUT2D eigenvalue weighted by Crippen LogP contribution is 2.22. The molecule has 2 aromatic rings. The lowest BCUT2D eigenvalue weighted by molar-refractivity contribution is -0.137. The van der Waals surface area contributed by atoms with Crippen molar-refractivity contribution in [2.24, 2.45) is 0 Å². The van der Waals surface area contributed by atoms with Crippen LogP contribution >= 0.6 is 23.2 Å². The van der Waals surface area contributed by atoms with E-state index in [-0.39, 0.29) is 0 Å². The molecule has 0 aliphatic rings. The number of benzene rings is 2. The van der Waals surface area contributed by atoms with Crippen LogP contribution in [0.4, 0.5) is 5.69 Å². The quantitative estimate of drug-likeness (QED) is 0.616. The molecule has 3 nitrogen and oxygen atoms in total. The summed E-state index contributed by atoms with van der Waals surface area (Å²) in [5, 5.41) is 4.47. The molecular formula is C17H15Cl2NO2. The summed E-state index contributed by atoms with van der Waals surface area (Å²) in [7, 11) is 0. The Kier molecular flexibility index (Phi) is 5.87. The Bertz CT molecular complexity index is 664. The largest absolute Gasteiger partial charge is 0.463 e. The fraction of sp³-hybridized carbons (Fsp3) is 0.118. The molecule has 0 aromatic heterocycles. The molecule has 0 spiro atoms. The number of carbonyl (C=O) groups is 1. The number of nitrogens with one attached hydrogen (secondary N) is 1. The van der Waals surface area contributed by atoms with Gasteiger partial charge in [0.05, 0.1) is 12.3 Å². The number of carbonyl (C=O) groups excluding carboxylic acids is 1. The molecule has 0 bridgehead atoms. The predicted molar refractivity (Wildman–Crippen MR) is 91.1 cm³/mol. The molecule has 5 heteroatoms. The summed E-state index contributed by atoms with van der Waals surface area (Å²) in [6, 6.07) is 14.4. The van der Waals surface area contributed by atoms with Crippen molar-refractivity contribution in [1.82, 2.24) is 0 Å². The van der Waals surface area contributed by atoms with E-state index in [0.717, 1.165) is 11.3 Å². The molecule has 1 N–H and O–H groups in total. The van der Waals surface area contributed by atoms with E-state index < -0.39 is 5.97 Å². The smallest absolute Gasteiger partial charge is 0.332 e. The Morgan fingerprint density at radius 2 is 1.59 bits per heavy atom. The first-order valence-corrected chi connectivity index (χ1v) is 7.51. The monoisotopic (exact) mass is 335 g/mol. The van der Waals surface area contributed by atoms with Gasteiger partial charge in [-0.15, -0.1) is 0 Å². The van der Waals surface area contributed by atoms with Gasteiger partial charge >= 0.3 is 5.97 Å². The number of anilines is 1. The van der Waals surface area contributed by atoms with Crippen LogP contribution in [0.2, 0.25) is 10.0 Å². The van der Waals surface area contributed by atoms with Gasteiger partial charge in [-0.2, -0.15) is 0 Å². The topological polar surface area (TPSA) is 38.3 Å². The van der Waals surface area contributed by atoms with Gasteiger partial charge in [0, 0.05) is 21.8 Å². The predicted octanol–water partition coefficient (Wildman–Crippen LogP) is 5.01. The summed E-state index contributed by atoms with van der Waals surface area (Å²) < 4.78 is 4.97. The van der Waals surface area contributed by atoms with Gasteiger partial charge in [0.1, 0.15) is 0 Å². The standard InChI is InChI=1S/C17H15Cl2NO2/c1-2-22-17(21)11-16(12-3-5-13(18)6-4-12)20-15-9-7-14(19)8-10-15/h3-11,20H,2H2,1H3/b16-11-. The van der Waals surface area contributed by atoms with Gasteiger partial charge in [0.15, 0.2) is 0 Å². The molecule has 0 saturated heterocycles. The number of hydrogen-bond acceptors (Lipinski definition) is 3. The number of esters is 1. The molecule has 0 unspecified atom stereocenters. The van der Waals surface area contributed by atoms with Crippen LogP contribution in [0.3, 0.4) is 0 Å². The maximum absolute atomic E-state index is 11.8. The van der Waals surface area contributed by atoms with Crippen molar-refractivity contribution in [3.05, 3.63) is 70.2 Å². The third-order valence-corrected chi connectivity index (χ3v) is 3.33. The molecule has 0 saturated carbocycles. The summed E-state index contributed by atoms with van der Waals surface area (Å²) in [4.78, 5) is 11.8. The summed E-state index contributed by atoms with van der Waals surface area (Å²) >= 11 is 11.8. The van der Waals surface area contributed by atoms with Gasteiger partial charge in [-0.3, -0.25) is 0 Å². The second-order valence-corrected chi connectivity index (χ2v) is 5.32. The second kappa shape index (κ2) is 7.87. The number of ether oxygens (including phenoxy) is 1. The summed E-state index contributed by atoms with van der Waals surface area (Å²) in [5.41, 5.74) is 2.26. The summed E-state index contributed by atoms with van der Waals surface area (Å²) in [6.07, 6.45) is 1.42. The third-order valence-electron chi connectivity index (χ3n) is 2.83. The zero-order valence-corrected chi connectivity index (χ0v) is 13.5. The van der Waals surface area contributed by atoms with Gasteiger partial charge < -0.3 is 10.1 Å². The van der Waals surface area contributed by atoms with Crippen LogP contribution in [0, 0.1) is 0 Å². The van der Waals surface area contributed by atoms with Crippen LogP contribution in [0.15, 0.2) is 54.6 Å². The zero-order chi connectivity index (χ0) is 15.9. The normalized spacial score (nSPS) is 11.1. The second-order valence-electron chi connectivity index (χ2n) is 4.45. The Morgan fingerprint density at radius 1 is 1.05 bits per heavy atom. The molecular weight excluding hydrogens is 321 g/mol.